The number of aliphatic imine (C=N–C) groups is 1. The zero-order valence-corrected chi connectivity index (χ0v) is 16.3. The lowest BCUT2D eigenvalue weighted by atomic mass is 9.86. The quantitative estimate of drug-likeness (QED) is 0.818. The maximum absolute atomic E-state index is 12.6. The molecule has 1 atom stereocenters. The van der Waals surface area contributed by atoms with E-state index in [0.29, 0.717) is 36.0 Å². The number of allylic oxidation sites excluding steroid dienone is 3. The SMILES string of the molecule is CCOc1ccc(C(=O)N=C2C=CC3C(CC)=CC(=O)NC3=C2)cc1OCC. The Balaban J connectivity index is 1.85. The molecule has 0 saturated heterocycles. The fourth-order valence-corrected chi connectivity index (χ4v) is 3.23. The fourth-order valence-electron chi connectivity index (χ4n) is 3.23. The first-order chi connectivity index (χ1) is 13.5. The largest absolute Gasteiger partial charge is 0.490 e. The monoisotopic (exact) mass is 380 g/mol. The molecule has 0 fully saturated rings. The maximum Gasteiger partial charge on any atom is 0.277 e. The highest BCUT2D eigenvalue weighted by molar-refractivity contribution is 6.14. The van der Waals surface area contributed by atoms with Crippen LogP contribution >= 0.6 is 0 Å². The van der Waals surface area contributed by atoms with E-state index in [1.807, 2.05) is 32.9 Å². The molecule has 0 radical (unpaired) electrons. The molecule has 1 N–H and O–H groups in total. The van der Waals surface area contributed by atoms with Crippen LogP contribution in [0.25, 0.3) is 0 Å². The Morgan fingerprint density at radius 2 is 1.86 bits per heavy atom. The summed E-state index contributed by atoms with van der Waals surface area (Å²) in [7, 11) is 0. The second kappa shape index (κ2) is 8.69. The van der Waals surface area contributed by atoms with Gasteiger partial charge in [0.1, 0.15) is 0 Å². The van der Waals surface area contributed by atoms with Crippen LogP contribution in [0, 0.1) is 5.92 Å². The maximum atomic E-state index is 12.6. The van der Waals surface area contributed by atoms with Gasteiger partial charge in [-0.15, -0.1) is 0 Å². The van der Waals surface area contributed by atoms with E-state index in [9.17, 15) is 9.59 Å². The lowest BCUT2D eigenvalue weighted by Crippen LogP contribution is -2.33. The van der Waals surface area contributed by atoms with E-state index >= 15 is 0 Å². The van der Waals surface area contributed by atoms with Gasteiger partial charge in [0.25, 0.3) is 5.91 Å². The minimum atomic E-state index is -0.382. The van der Waals surface area contributed by atoms with Gasteiger partial charge in [-0.1, -0.05) is 18.6 Å². The zero-order valence-electron chi connectivity index (χ0n) is 16.3. The van der Waals surface area contributed by atoms with Gasteiger partial charge in [-0.3, -0.25) is 9.59 Å². The van der Waals surface area contributed by atoms with Crippen LogP contribution in [0.5, 0.6) is 11.5 Å². The summed E-state index contributed by atoms with van der Waals surface area (Å²) in [5.74, 6) is 0.623. The highest BCUT2D eigenvalue weighted by atomic mass is 16.5. The minimum Gasteiger partial charge on any atom is -0.490 e. The van der Waals surface area contributed by atoms with Crippen molar-refractivity contribution < 1.29 is 19.1 Å². The average Bonchev–Trinajstić information content (AvgIpc) is 2.68. The van der Waals surface area contributed by atoms with E-state index in [1.165, 1.54) is 0 Å². The number of fused-ring (bicyclic) bond motifs is 1. The molecule has 0 saturated carbocycles. The Morgan fingerprint density at radius 3 is 2.57 bits per heavy atom. The van der Waals surface area contributed by atoms with Gasteiger partial charge in [0, 0.05) is 23.3 Å². The van der Waals surface area contributed by atoms with Crippen LogP contribution in [0.2, 0.25) is 0 Å². The molecule has 1 aromatic carbocycles. The van der Waals surface area contributed by atoms with E-state index in [1.54, 1.807) is 30.4 Å². The lowest BCUT2D eigenvalue weighted by Gasteiger charge is -2.26. The van der Waals surface area contributed by atoms with Crippen LogP contribution in [0.3, 0.4) is 0 Å². The minimum absolute atomic E-state index is 0.0341. The van der Waals surface area contributed by atoms with E-state index in [0.717, 1.165) is 17.7 Å². The first-order valence-corrected chi connectivity index (χ1v) is 9.49. The molecular weight excluding hydrogens is 356 g/mol. The van der Waals surface area contributed by atoms with Crippen molar-refractivity contribution in [2.75, 3.05) is 13.2 Å². The summed E-state index contributed by atoms with van der Waals surface area (Å²) in [5.41, 5.74) is 2.71. The highest BCUT2D eigenvalue weighted by Gasteiger charge is 2.25. The summed E-state index contributed by atoms with van der Waals surface area (Å²) in [6.45, 7) is 6.76. The van der Waals surface area contributed by atoms with Crippen molar-refractivity contribution in [3.05, 3.63) is 59.3 Å². The summed E-state index contributed by atoms with van der Waals surface area (Å²) >= 11 is 0. The molecular formula is C22H24N2O4. The number of carbonyl (C=O) groups is 2. The molecule has 1 aliphatic carbocycles. The van der Waals surface area contributed by atoms with Gasteiger partial charge in [0.15, 0.2) is 11.5 Å². The van der Waals surface area contributed by atoms with Gasteiger partial charge in [-0.05, 0) is 50.6 Å². The Bertz CT molecular complexity index is 909. The predicted octanol–water partition coefficient (Wildman–Crippen LogP) is 3.60. The third-order valence-electron chi connectivity index (χ3n) is 4.51. The molecule has 2 amide bonds. The molecule has 2 aliphatic rings. The van der Waals surface area contributed by atoms with Gasteiger partial charge in [0.2, 0.25) is 5.91 Å². The van der Waals surface area contributed by atoms with E-state index < -0.39 is 0 Å². The molecule has 6 heteroatoms. The Labute approximate surface area is 164 Å². The summed E-state index contributed by atoms with van der Waals surface area (Å²) in [5, 5.41) is 2.84. The normalized spacial score (nSPS) is 19.5. The van der Waals surface area contributed by atoms with Crippen LogP contribution in [-0.2, 0) is 4.79 Å². The number of amides is 2. The second-order valence-corrected chi connectivity index (χ2v) is 6.37. The number of carbonyl (C=O) groups excluding carboxylic acids is 2. The number of nitrogens with one attached hydrogen (secondary N) is 1. The number of hydrogen-bond acceptors (Lipinski definition) is 4. The molecule has 1 aliphatic heterocycles. The Hall–Kier alpha value is -3.15. The number of nitrogens with zero attached hydrogens (tertiary/aromatic N) is 1. The van der Waals surface area contributed by atoms with Crippen LogP contribution in [0.15, 0.2) is 58.8 Å². The first-order valence-electron chi connectivity index (χ1n) is 9.49. The number of ether oxygens (including phenoxy) is 2. The molecule has 6 nitrogen and oxygen atoms in total. The van der Waals surface area contributed by atoms with Crippen molar-refractivity contribution in [3.8, 4) is 11.5 Å². The standard InChI is InChI=1S/C22H24N2O4/c1-4-14-12-21(25)24-18-13-16(8-9-17(14)18)23-22(26)15-7-10-19(27-5-2)20(11-15)28-6-3/h7-13,17H,4-6H2,1-3H3,(H,24,25). The van der Waals surface area contributed by atoms with Crippen molar-refractivity contribution in [3.63, 3.8) is 0 Å². The number of rotatable bonds is 6. The van der Waals surface area contributed by atoms with Gasteiger partial charge < -0.3 is 14.8 Å². The van der Waals surface area contributed by atoms with Crippen molar-refractivity contribution in [1.82, 2.24) is 5.32 Å². The first kappa shape index (κ1) is 19.6. The summed E-state index contributed by atoms with van der Waals surface area (Å²) in [4.78, 5) is 28.7. The van der Waals surface area contributed by atoms with Crippen molar-refractivity contribution in [2.45, 2.75) is 27.2 Å². The predicted molar refractivity (Wildman–Crippen MR) is 108 cm³/mol. The van der Waals surface area contributed by atoms with Crippen LogP contribution in [0.4, 0.5) is 0 Å². The van der Waals surface area contributed by atoms with Gasteiger partial charge in [-0.25, -0.2) is 4.99 Å². The topological polar surface area (TPSA) is 77.0 Å². The summed E-state index contributed by atoms with van der Waals surface area (Å²) in [6, 6.07) is 5.03. The van der Waals surface area contributed by atoms with Crippen LogP contribution in [-0.4, -0.2) is 30.7 Å². The second-order valence-electron chi connectivity index (χ2n) is 6.37. The van der Waals surface area contributed by atoms with E-state index in [4.69, 9.17) is 9.47 Å². The van der Waals surface area contributed by atoms with Gasteiger partial charge >= 0.3 is 0 Å². The molecule has 1 unspecified atom stereocenters. The van der Waals surface area contributed by atoms with E-state index in [-0.39, 0.29) is 17.7 Å². The third kappa shape index (κ3) is 4.22. The smallest absolute Gasteiger partial charge is 0.277 e. The van der Waals surface area contributed by atoms with Gasteiger partial charge in [-0.2, -0.15) is 0 Å². The number of benzene rings is 1. The molecule has 1 heterocycles. The van der Waals surface area contributed by atoms with Crippen LogP contribution < -0.4 is 14.8 Å². The van der Waals surface area contributed by atoms with Crippen molar-refractivity contribution in [2.24, 2.45) is 10.9 Å². The van der Waals surface area contributed by atoms with Crippen LogP contribution in [0.1, 0.15) is 37.6 Å². The van der Waals surface area contributed by atoms with Crippen molar-refractivity contribution >= 4 is 17.5 Å². The summed E-state index contributed by atoms with van der Waals surface area (Å²) < 4.78 is 11.1. The molecule has 1 aromatic rings. The van der Waals surface area contributed by atoms with E-state index in [2.05, 4.69) is 10.3 Å². The Morgan fingerprint density at radius 1 is 1.11 bits per heavy atom. The fraction of sp³-hybridized carbons (Fsp3) is 0.318. The molecule has 0 spiro atoms. The lowest BCUT2D eigenvalue weighted by molar-refractivity contribution is -0.116. The molecule has 28 heavy (non-hydrogen) atoms. The average molecular weight is 380 g/mol. The molecule has 146 valence electrons. The van der Waals surface area contributed by atoms with Gasteiger partial charge in [0.05, 0.1) is 18.9 Å². The zero-order chi connectivity index (χ0) is 20.1. The molecule has 0 bridgehead atoms. The molecule has 0 aromatic heterocycles. The number of hydrogen-bond donors (Lipinski definition) is 1. The highest BCUT2D eigenvalue weighted by Crippen LogP contribution is 2.30. The Kier molecular flexibility index (Phi) is 6.09. The summed E-state index contributed by atoms with van der Waals surface area (Å²) in [6.07, 6.45) is 7.94. The van der Waals surface area contributed by atoms with Crippen molar-refractivity contribution in [1.29, 1.82) is 0 Å². The molecule has 3 rings (SSSR count). The third-order valence-corrected chi connectivity index (χ3v) is 4.51.